The van der Waals surface area contributed by atoms with Crippen LogP contribution in [0.5, 0.6) is 0 Å². The third kappa shape index (κ3) is 5.15. The number of sulfonamides is 1. The summed E-state index contributed by atoms with van der Waals surface area (Å²) in [5, 5.41) is 0. The van der Waals surface area contributed by atoms with Crippen LogP contribution in [0, 0.1) is 0 Å². The first-order valence-corrected chi connectivity index (χ1v) is 13.1. The minimum Gasteiger partial charge on any atom is -0.312 e. The van der Waals surface area contributed by atoms with Crippen LogP contribution < -0.4 is 9.62 Å². The zero-order valence-electron chi connectivity index (χ0n) is 19.8. The molecule has 0 atom stereocenters. The molecule has 36 heavy (non-hydrogen) atoms. The standard InChI is InChI=1S/C28H26N4O3S/c1-31(28(33)15-8-21-6-9-26(10-7-21)32-17-16-29-20-32)25-11-13-27(14-12-25)36(34,35)30-24-18-22-4-2-3-5-23(22)19-24/h2-17,20,24,30H,18-19H2,1H3. The molecule has 182 valence electrons. The van der Waals surface area contributed by atoms with Crippen molar-refractivity contribution in [2.24, 2.45) is 0 Å². The number of rotatable bonds is 7. The smallest absolute Gasteiger partial charge is 0.250 e. The molecular formula is C28H26N4O3S. The van der Waals surface area contributed by atoms with Gasteiger partial charge in [0.15, 0.2) is 0 Å². The number of hydrogen-bond donors (Lipinski definition) is 1. The molecule has 1 aliphatic rings. The Bertz CT molecular complexity index is 1470. The Hall–Kier alpha value is -4.01. The molecule has 7 nitrogen and oxygen atoms in total. The Morgan fingerprint density at radius 2 is 1.67 bits per heavy atom. The van der Waals surface area contributed by atoms with Crippen LogP contribution in [-0.4, -0.2) is 37.0 Å². The van der Waals surface area contributed by atoms with Crippen LogP contribution in [0.4, 0.5) is 5.69 Å². The lowest BCUT2D eigenvalue weighted by atomic mass is 10.1. The van der Waals surface area contributed by atoms with Crippen molar-refractivity contribution in [3.05, 3.63) is 114 Å². The van der Waals surface area contributed by atoms with E-state index in [-0.39, 0.29) is 16.8 Å². The number of nitrogens with one attached hydrogen (secondary N) is 1. The fraction of sp³-hybridized carbons (Fsp3) is 0.143. The minimum absolute atomic E-state index is 0.157. The molecule has 4 aromatic rings. The lowest BCUT2D eigenvalue weighted by Gasteiger charge is -2.17. The molecule has 1 aromatic heterocycles. The van der Waals surface area contributed by atoms with Gasteiger partial charge in [0.2, 0.25) is 10.0 Å². The van der Waals surface area contributed by atoms with Gasteiger partial charge in [-0.25, -0.2) is 18.1 Å². The van der Waals surface area contributed by atoms with Gasteiger partial charge in [-0.1, -0.05) is 36.4 Å². The van der Waals surface area contributed by atoms with E-state index in [1.54, 1.807) is 37.8 Å². The van der Waals surface area contributed by atoms with E-state index in [2.05, 4.69) is 9.71 Å². The summed E-state index contributed by atoms with van der Waals surface area (Å²) in [5.74, 6) is -0.217. The van der Waals surface area contributed by atoms with Gasteiger partial charge in [0.05, 0.1) is 11.2 Å². The second kappa shape index (κ2) is 9.93. The number of likely N-dealkylation sites (N-methyl/N-ethyl adjacent to an activating group) is 1. The summed E-state index contributed by atoms with van der Waals surface area (Å²) < 4.78 is 30.5. The van der Waals surface area contributed by atoms with Crippen molar-refractivity contribution in [3.63, 3.8) is 0 Å². The highest BCUT2D eigenvalue weighted by Crippen LogP contribution is 2.24. The molecule has 0 spiro atoms. The molecule has 8 heteroatoms. The van der Waals surface area contributed by atoms with Crippen LogP contribution >= 0.6 is 0 Å². The molecule has 0 radical (unpaired) electrons. The predicted molar refractivity (Wildman–Crippen MR) is 140 cm³/mol. The van der Waals surface area contributed by atoms with E-state index < -0.39 is 10.0 Å². The first kappa shape index (κ1) is 23.7. The van der Waals surface area contributed by atoms with Gasteiger partial charge >= 0.3 is 0 Å². The fourth-order valence-electron chi connectivity index (χ4n) is 4.35. The highest BCUT2D eigenvalue weighted by atomic mass is 32.2. The summed E-state index contributed by atoms with van der Waals surface area (Å²) in [4.78, 5) is 18.4. The summed E-state index contributed by atoms with van der Waals surface area (Å²) in [6.45, 7) is 0. The number of fused-ring (bicyclic) bond motifs is 1. The largest absolute Gasteiger partial charge is 0.312 e. The van der Waals surface area contributed by atoms with E-state index in [0.29, 0.717) is 18.5 Å². The van der Waals surface area contributed by atoms with Gasteiger partial charge in [0, 0.05) is 42.9 Å². The average molecular weight is 499 g/mol. The SMILES string of the molecule is CN(C(=O)C=Cc1ccc(-n2ccnc2)cc1)c1ccc(S(=O)(=O)NC2Cc3ccccc3C2)cc1. The van der Waals surface area contributed by atoms with Gasteiger partial charge in [-0.05, 0) is 72.0 Å². The minimum atomic E-state index is -3.66. The van der Waals surface area contributed by atoms with Crippen molar-refractivity contribution in [1.82, 2.24) is 14.3 Å². The topological polar surface area (TPSA) is 84.3 Å². The Balaban J connectivity index is 1.21. The maximum atomic E-state index is 12.9. The van der Waals surface area contributed by atoms with Crippen LogP contribution in [0.2, 0.25) is 0 Å². The number of hydrogen-bond acceptors (Lipinski definition) is 4. The third-order valence-corrected chi connectivity index (χ3v) is 7.89. The Morgan fingerprint density at radius 1 is 1.00 bits per heavy atom. The second-order valence-electron chi connectivity index (χ2n) is 8.78. The van der Waals surface area contributed by atoms with Crippen molar-refractivity contribution >= 4 is 27.7 Å². The lowest BCUT2D eigenvalue weighted by Crippen LogP contribution is -2.35. The maximum Gasteiger partial charge on any atom is 0.250 e. The Kier molecular flexibility index (Phi) is 6.54. The number of benzene rings is 3. The highest BCUT2D eigenvalue weighted by molar-refractivity contribution is 7.89. The quantitative estimate of drug-likeness (QED) is 0.391. The molecule has 0 saturated heterocycles. The third-order valence-electron chi connectivity index (χ3n) is 6.35. The van der Waals surface area contributed by atoms with E-state index in [1.807, 2.05) is 59.3 Å². The van der Waals surface area contributed by atoms with E-state index in [4.69, 9.17) is 0 Å². The number of carbonyl (C=O) groups is 1. The van der Waals surface area contributed by atoms with Crippen molar-refractivity contribution in [2.75, 3.05) is 11.9 Å². The molecule has 3 aromatic carbocycles. The first-order chi connectivity index (χ1) is 17.4. The molecule has 1 amide bonds. The van der Waals surface area contributed by atoms with Gasteiger partial charge in [0.25, 0.3) is 5.91 Å². The van der Waals surface area contributed by atoms with Gasteiger partial charge in [-0.15, -0.1) is 0 Å². The van der Waals surface area contributed by atoms with Gasteiger partial charge < -0.3 is 9.47 Å². The second-order valence-corrected chi connectivity index (χ2v) is 10.5. The predicted octanol–water partition coefficient (Wildman–Crippen LogP) is 3.99. The molecule has 5 rings (SSSR count). The lowest BCUT2D eigenvalue weighted by molar-refractivity contribution is -0.113. The Morgan fingerprint density at radius 3 is 2.28 bits per heavy atom. The van der Waals surface area contributed by atoms with Crippen molar-refractivity contribution in [1.29, 1.82) is 0 Å². The first-order valence-electron chi connectivity index (χ1n) is 11.6. The van der Waals surface area contributed by atoms with Gasteiger partial charge in [-0.2, -0.15) is 0 Å². The summed E-state index contributed by atoms with van der Waals surface area (Å²) in [5.41, 5.74) is 4.84. The molecule has 0 fully saturated rings. The number of carbonyl (C=O) groups excluding carboxylic acids is 1. The average Bonchev–Trinajstić information content (AvgIpc) is 3.57. The summed E-state index contributed by atoms with van der Waals surface area (Å²) >= 11 is 0. The molecule has 1 aliphatic carbocycles. The van der Waals surface area contributed by atoms with Crippen molar-refractivity contribution < 1.29 is 13.2 Å². The van der Waals surface area contributed by atoms with Crippen LogP contribution in [0.3, 0.4) is 0 Å². The fourth-order valence-corrected chi connectivity index (χ4v) is 5.59. The number of imidazole rings is 1. The zero-order chi connectivity index (χ0) is 25.1. The molecule has 1 heterocycles. The highest BCUT2D eigenvalue weighted by Gasteiger charge is 2.26. The van der Waals surface area contributed by atoms with Gasteiger partial charge in [0.1, 0.15) is 0 Å². The number of aromatic nitrogens is 2. The Labute approximate surface area is 210 Å². The molecule has 0 bridgehead atoms. The van der Waals surface area contributed by atoms with E-state index in [0.717, 1.165) is 11.3 Å². The monoisotopic (exact) mass is 498 g/mol. The zero-order valence-corrected chi connectivity index (χ0v) is 20.6. The number of amides is 1. The van der Waals surface area contributed by atoms with Gasteiger partial charge in [-0.3, -0.25) is 4.79 Å². The van der Waals surface area contributed by atoms with Crippen molar-refractivity contribution in [3.8, 4) is 5.69 Å². The summed E-state index contributed by atoms with van der Waals surface area (Å²) in [6, 6.07) is 22.0. The normalized spacial score (nSPS) is 13.7. The number of nitrogens with zero attached hydrogens (tertiary/aromatic N) is 3. The molecule has 0 unspecified atom stereocenters. The van der Waals surface area contributed by atoms with Crippen molar-refractivity contribution in [2.45, 2.75) is 23.8 Å². The molecule has 0 saturated carbocycles. The molecule has 0 aliphatic heterocycles. The van der Waals surface area contributed by atoms with Crippen LogP contribution in [0.25, 0.3) is 11.8 Å². The number of anilines is 1. The van der Waals surface area contributed by atoms with E-state index >= 15 is 0 Å². The summed E-state index contributed by atoms with van der Waals surface area (Å²) in [6.07, 6.45) is 9.92. The summed E-state index contributed by atoms with van der Waals surface area (Å²) in [7, 11) is -2.00. The van der Waals surface area contributed by atoms with Crippen LogP contribution in [0.15, 0.2) is 102 Å². The van der Waals surface area contributed by atoms with Crippen LogP contribution in [-0.2, 0) is 27.7 Å². The van der Waals surface area contributed by atoms with E-state index in [9.17, 15) is 13.2 Å². The van der Waals surface area contributed by atoms with Crippen LogP contribution in [0.1, 0.15) is 16.7 Å². The maximum absolute atomic E-state index is 12.9. The molecule has 1 N–H and O–H groups in total. The molecular weight excluding hydrogens is 472 g/mol. The van der Waals surface area contributed by atoms with E-state index in [1.165, 1.54) is 34.2 Å².